The highest BCUT2D eigenvalue weighted by atomic mass is 32.2. The molecule has 2 heterocycles. The first-order valence-electron chi connectivity index (χ1n) is 3.82. The normalized spacial score (nSPS) is 23.7. The number of thioether (sulfide) groups is 1. The van der Waals surface area contributed by atoms with Gasteiger partial charge in [0.1, 0.15) is 0 Å². The number of carbonyl (C=O) groups is 2. The Labute approximate surface area is 74.0 Å². The highest BCUT2D eigenvalue weighted by Crippen LogP contribution is 2.21. The number of nitrogens with zero attached hydrogens (tertiary/aromatic N) is 2. The Kier molecular flexibility index (Phi) is 1.88. The Morgan fingerprint density at radius 1 is 1.25 bits per heavy atom. The van der Waals surface area contributed by atoms with Crippen LogP contribution in [0, 0.1) is 0 Å². The second-order valence-electron chi connectivity index (χ2n) is 2.64. The average molecular weight is 184 g/mol. The highest BCUT2D eigenvalue weighted by Gasteiger charge is 2.33. The lowest BCUT2D eigenvalue weighted by atomic mass is 10.4. The SMILES string of the molecule is O=C1CCC(=O)N1C1=NCCS1. The number of carbonyl (C=O) groups excluding carboxylic acids is 2. The summed E-state index contributed by atoms with van der Waals surface area (Å²) in [5, 5.41) is 0.600. The summed E-state index contributed by atoms with van der Waals surface area (Å²) in [5.74, 6) is 0.674. The van der Waals surface area contributed by atoms with Crippen molar-refractivity contribution in [2.45, 2.75) is 12.8 Å². The van der Waals surface area contributed by atoms with Gasteiger partial charge < -0.3 is 0 Å². The minimum absolute atomic E-state index is 0.104. The summed E-state index contributed by atoms with van der Waals surface area (Å²) in [6.07, 6.45) is 0.691. The molecule has 0 aliphatic carbocycles. The Morgan fingerprint density at radius 2 is 1.92 bits per heavy atom. The van der Waals surface area contributed by atoms with Gasteiger partial charge in [0.05, 0.1) is 6.54 Å². The van der Waals surface area contributed by atoms with E-state index in [1.807, 2.05) is 0 Å². The van der Waals surface area contributed by atoms with Gasteiger partial charge in [-0.15, -0.1) is 0 Å². The van der Waals surface area contributed by atoms with Crippen LogP contribution in [0.5, 0.6) is 0 Å². The molecule has 0 N–H and O–H groups in total. The van der Waals surface area contributed by atoms with Crippen LogP contribution in [-0.4, -0.2) is 34.2 Å². The quantitative estimate of drug-likeness (QED) is 0.507. The second kappa shape index (κ2) is 2.90. The predicted octanol–water partition coefficient (Wildman–Crippen LogP) is 0.238. The maximum absolute atomic E-state index is 11.2. The maximum atomic E-state index is 11.2. The summed E-state index contributed by atoms with van der Waals surface area (Å²) >= 11 is 1.48. The zero-order chi connectivity index (χ0) is 8.55. The third-order valence-corrected chi connectivity index (χ3v) is 2.77. The summed E-state index contributed by atoms with van der Waals surface area (Å²) in [6, 6.07) is 0. The number of amides is 2. The summed E-state index contributed by atoms with van der Waals surface area (Å²) in [6.45, 7) is 0.719. The van der Waals surface area contributed by atoms with Crippen LogP contribution < -0.4 is 0 Å². The van der Waals surface area contributed by atoms with E-state index in [0.29, 0.717) is 18.0 Å². The number of aliphatic imine (C=N–C) groups is 1. The van der Waals surface area contributed by atoms with Crippen LogP contribution in [0.15, 0.2) is 4.99 Å². The second-order valence-corrected chi connectivity index (χ2v) is 3.70. The zero-order valence-corrected chi connectivity index (χ0v) is 7.26. The van der Waals surface area contributed by atoms with Crippen molar-refractivity contribution in [3.05, 3.63) is 0 Å². The molecule has 0 aromatic rings. The fraction of sp³-hybridized carbons (Fsp3) is 0.571. The van der Waals surface area contributed by atoms with E-state index in [4.69, 9.17) is 0 Å². The molecule has 0 unspecified atom stereocenters. The molecule has 4 nitrogen and oxygen atoms in total. The van der Waals surface area contributed by atoms with E-state index in [1.165, 1.54) is 16.7 Å². The predicted molar refractivity (Wildman–Crippen MR) is 45.8 cm³/mol. The molecule has 1 saturated heterocycles. The van der Waals surface area contributed by atoms with Crippen LogP contribution in [0.25, 0.3) is 0 Å². The van der Waals surface area contributed by atoms with E-state index in [2.05, 4.69) is 4.99 Å². The number of hydrogen-bond acceptors (Lipinski definition) is 4. The Morgan fingerprint density at radius 3 is 2.42 bits per heavy atom. The number of imide groups is 1. The number of hydrogen-bond donors (Lipinski definition) is 0. The van der Waals surface area contributed by atoms with Crippen molar-refractivity contribution < 1.29 is 9.59 Å². The van der Waals surface area contributed by atoms with Crippen LogP contribution >= 0.6 is 11.8 Å². The van der Waals surface area contributed by atoms with Crippen molar-refractivity contribution >= 4 is 28.7 Å². The molecule has 2 aliphatic rings. The van der Waals surface area contributed by atoms with Crippen LogP contribution in [0.2, 0.25) is 0 Å². The smallest absolute Gasteiger partial charge is 0.235 e. The van der Waals surface area contributed by atoms with Gasteiger partial charge in [0, 0.05) is 18.6 Å². The standard InChI is InChI=1S/C7H8N2O2S/c10-5-1-2-6(11)9(5)7-8-3-4-12-7/h1-4H2. The minimum Gasteiger partial charge on any atom is -0.274 e. The Bertz CT molecular complexity index is 259. The van der Waals surface area contributed by atoms with E-state index in [-0.39, 0.29) is 11.8 Å². The van der Waals surface area contributed by atoms with Crippen LogP contribution in [-0.2, 0) is 9.59 Å². The summed E-state index contributed by atoms with van der Waals surface area (Å²) in [5.41, 5.74) is 0. The lowest BCUT2D eigenvalue weighted by molar-refractivity contribution is -0.133. The van der Waals surface area contributed by atoms with Crippen molar-refractivity contribution in [1.82, 2.24) is 4.90 Å². The van der Waals surface area contributed by atoms with Gasteiger partial charge in [0.25, 0.3) is 0 Å². The highest BCUT2D eigenvalue weighted by molar-refractivity contribution is 8.14. The van der Waals surface area contributed by atoms with E-state index in [9.17, 15) is 9.59 Å². The molecule has 0 saturated carbocycles. The number of rotatable bonds is 0. The molecule has 0 atom stereocenters. The lowest BCUT2D eigenvalue weighted by Gasteiger charge is -2.11. The van der Waals surface area contributed by atoms with Gasteiger partial charge in [-0.1, -0.05) is 11.8 Å². The third kappa shape index (κ3) is 1.14. The van der Waals surface area contributed by atoms with Gasteiger partial charge in [-0.3, -0.25) is 14.6 Å². The minimum atomic E-state index is -0.104. The molecule has 2 rings (SSSR count). The Hall–Kier alpha value is -0.840. The first-order chi connectivity index (χ1) is 5.79. The summed E-state index contributed by atoms with van der Waals surface area (Å²) in [7, 11) is 0. The molecule has 1 fully saturated rings. The molecule has 0 radical (unpaired) electrons. The van der Waals surface area contributed by atoms with Gasteiger partial charge in [-0.05, 0) is 0 Å². The largest absolute Gasteiger partial charge is 0.274 e. The third-order valence-electron chi connectivity index (χ3n) is 1.81. The van der Waals surface area contributed by atoms with Gasteiger partial charge >= 0.3 is 0 Å². The monoisotopic (exact) mass is 184 g/mol. The first kappa shape index (κ1) is 7.79. The molecular formula is C7H8N2O2S. The van der Waals surface area contributed by atoms with E-state index in [0.717, 1.165) is 12.3 Å². The topological polar surface area (TPSA) is 49.7 Å². The molecule has 0 spiro atoms. The summed E-state index contributed by atoms with van der Waals surface area (Å²) < 4.78 is 0. The molecule has 5 heteroatoms. The van der Waals surface area contributed by atoms with Gasteiger partial charge in [-0.25, -0.2) is 4.90 Å². The fourth-order valence-electron chi connectivity index (χ4n) is 1.25. The lowest BCUT2D eigenvalue weighted by Crippen LogP contribution is -2.32. The van der Waals surface area contributed by atoms with Crippen molar-refractivity contribution in [3.63, 3.8) is 0 Å². The number of likely N-dealkylation sites (tertiary alicyclic amines) is 1. The van der Waals surface area contributed by atoms with Crippen molar-refractivity contribution in [2.24, 2.45) is 4.99 Å². The van der Waals surface area contributed by atoms with Crippen molar-refractivity contribution in [1.29, 1.82) is 0 Å². The molecule has 64 valence electrons. The first-order valence-corrected chi connectivity index (χ1v) is 4.80. The van der Waals surface area contributed by atoms with Gasteiger partial charge in [-0.2, -0.15) is 0 Å². The summed E-state index contributed by atoms with van der Waals surface area (Å²) in [4.78, 5) is 27.7. The van der Waals surface area contributed by atoms with Crippen molar-refractivity contribution in [3.8, 4) is 0 Å². The van der Waals surface area contributed by atoms with Gasteiger partial charge in [0.15, 0.2) is 5.17 Å². The van der Waals surface area contributed by atoms with Crippen LogP contribution in [0.1, 0.15) is 12.8 Å². The van der Waals surface area contributed by atoms with Crippen LogP contribution in [0.4, 0.5) is 0 Å². The Balaban J connectivity index is 2.20. The molecule has 2 aliphatic heterocycles. The molecule has 2 amide bonds. The maximum Gasteiger partial charge on any atom is 0.235 e. The molecule has 0 aromatic carbocycles. The van der Waals surface area contributed by atoms with Crippen LogP contribution in [0.3, 0.4) is 0 Å². The molecule has 0 aromatic heterocycles. The molecule has 0 bridgehead atoms. The molecule has 12 heavy (non-hydrogen) atoms. The van der Waals surface area contributed by atoms with E-state index in [1.54, 1.807) is 0 Å². The van der Waals surface area contributed by atoms with Gasteiger partial charge in [0.2, 0.25) is 11.8 Å². The fourth-order valence-corrected chi connectivity index (χ4v) is 2.13. The average Bonchev–Trinajstić information content (AvgIpc) is 2.61. The zero-order valence-electron chi connectivity index (χ0n) is 6.45. The number of amidine groups is 1. The van der Waals surface area contributed by atoms with E-state index >= 15 is 0 Å². The molecular weight excluding hydrogens is 176 g/mol. The van der Waals surface area contributed by atoms with Crippen molar-refractivity contribution in [2.75, 3.05) is 12.3 Å². The van der Waals surface area contributed by atoms with E-state index < -0.39 is 0 Å².